The Hall–Kier alpha value is -0.100. The Morgan fingerprint density at radius 3 is 2.57 bits per heavy atom. The fourth-order valence-corrected chi connectivity index (χ4v) is 4.38. The van der Waals surface area contributed by atoms with E-state index in [2.05, 4.69) is 43.2 Å². The zero-order valence-corrected chi connectivity index (χ0v) is 15.6. The number of hydrogen-bond donors (Lipinski definition) is 2. The molecule has 0 heterocycles. The number of benzene rings is 1. The van der Waals surface area contributed by atoms with Gasteiger partial charge in [0.1, 0.15) is 5.75 Å². The third kappa shape index (κ3) is 4.44. The predicted octanol–water partition coefficient (Wildman–Crippen LogP) is 4.40. The Labute approximate surface area is 143 Å². The molecule has 118 valence electrons. The molecule has 0 saturated heterocycles. The van der Waals surface area contributed by atoms with E-state index >= 15 is 0 Å². The molecule has 0 aliphatic heterocycles. The molecule has 1 aliphatic carbocycles. The van der Waals surface area contributed by atoms with Crippen molar-refractivity contribution in [2.75, 3.05) is 13.2 Å². The molecule has 0 amide bonds. The first-order valence-corrected chi connectivity index (χ1v) is 9.15. The second-order valence-corrected chi connectivity index (χ2v) is 7.43. The quantitative estimate of drug-likeness (QED) is 0.716. The summed E-state index contributed by atoms with van der Waals surface area (Å²) in [6, 6.07) is 4.08. The molecule has 0 spiro atoms. The molecule has 0 aromatic heterocycles. The Balaban J connectivity index is 2.14. The molecule has 1 saturated carbocycles. The molecule has 0 atom stereocenters. The molecule has 1 fully saturated rings. The summed E-state index contributed by atoms with van der Waals surface area (Å²) in [5.41, 5.74) is 0.979. The highest BCUT2D eigenvalue weighted by Gasteiger charge is 2.30. The fourth-order valence-electron chi connectivity index (χ4n) is 2.95. The molecule has 0 radical (unpaired) electrons. The van der Waals surface area contributed by atoms with Crippen LogP contribution in [0.25, 0.3) is 0 Å². The molecular formula is C16H23Br2NO2. The summed E-state index contributed by atoms with van der Waals surface area (Å²) in [5.74, 6) is 0.886. The van der Waals surface area contributed by atoms with E-state index in [1.165, 1.54) is 19.3 Å². The van der Waals surface area contributed by atoms with Crippen molar-refractivity contribution in [2.24, 2.45) is 0 Å². The maximum absolute atomic E-state index is 9.79. The molecule has 1 aromatic carbocycles. The van der Waals surface area contributed by atoms with Crippen molar-refractivity contribution in [3.05, 3.63) is 26.6 Å². The molecule has 21 heavy (non-hydrogen) atoms. The van der Waals surface area contributed by atoms with E-state index in [0.29, 0.717) is 13.2 Å². The number of ether oxygens (including phenoxy) is 1. The normalized spacial score (nSPS) is 17.7. The van der Waals surface area contributed by atoms with Gasteiger partial charge < -0.3 is 15.2 Å². The molecule has 0 unspecified atom stereocenters. The first-order valence-electron chi connectivity index (χ1n) is 7.57. The van der Waals surface area contributed by atoms with Crippen LogP contribution < -0.4 is 10.1 Å². The maximum Gasteiger partial charge on any atom is 0.138 e. The predicted molar refractivity (Wildman–Crippen MR) is 92.8 cm³/mol. The zero-order valence-electron chi connectivity index (χ0n) is 12.4. The lowest BCUT2D eigenvalue weighted by molar-refractivity contribution is 0.119. The van der Waals surface area contributed by atoms with E-state index in [9.17, 15) is 5.11 Å². The Bertz CT molecular complexity index is 474. The van der Waals surface area contributed by atoms with Crippen LogP contribution in [0.5, 0.6) is 5.75 Å². The molecule has 0 bridgehead atoms. The van der Waals surface area contributed by atoms with Gasteiger partial charge in [-0.25, -0.2) is 0 Å². The largest absolute Gasteiger partial charge is 0.492 e. The molecular weight excluding hydrogens is 398 g/mol. The number of hydrogen-bond acceptors (Lipinski definition) is 3. The van der Waals surface area contributed by atoms with Crippen LogP contribution >= 0.6 is 31.9 Å². The minimum absolute atomic E-state index is 0.128. The van der Waals surface area contributed by atoms with Crippen LogP contribution in [0.4, 0.5) is 0 Å². The highest BCUT2D eigenvalue weighted by atomic mass is 79.9. The highest BCUT2D eigenvalue weighted by molar-refractivity contribution is 9.11. The number of nitrogens with one attached hydrogen (secondary N) is 1. The van der Waals surface area contributed by atoms with E-state index in [1.54, 1.807) is 0 Å². The van der Waals surface area contributed by atoms with Gasteiger partial charge in [0.05, 0.1) is 17.7 Å². The van der Waals surface area contributed by atoms with Crippen LogP contribution in [0, 0.1) is 0 Å². The summed E-state index contributed by atoms with van der Waals surface area (Å²) < 4.78 is 7.74. The summed E-state index contributed by atoms with van der Waals surface area (Å²) in [6.45, 7) is 3.53. The average molecular weight is 421 g/mol. The Morgan fingerprint density at radius 2 is 1.95 bits per heavy atom. The van der Waals surface area contributed by atoms with Crippen LogP contribution in [0.2, 0.25) is 0 Å². The first-order chi connectivity index (χ1) is 10.1. The number of aliphatic hydroxyl groups excluding tert-OH is 1. The standard InChI is InChI=1S/C16H23Br2NO2/c1-2-21-15-12(8-13(17)9-14(15)18)10-19-16(11-20)6-4-3-5-7-16/h8-9,19-20H,2-7,10-11H2,1H3. The first kappa shape index (κ1) is 17.3. The molecule has 2 rings (SSSR count). The van der Waals surface area contributed by atoms with Gasteiger partial charge in [0, 0.05) is 22.1 Å². The van der Waals surface area contributed by atoms with E-state index < -0.39 is 0 Å². The van der Waals surface area contributed by atoms with Crippen molar-refractivity contribution in [3.8, 4) is 5.75 Å². The minimum atomic E-state index is -0.128. The number of halogens is 2. The average Bonchev–Trinajstić information content (AvgIpc) is 2.49. The molecule has 5 heteroatoms. The van der Waals surface area contributed by atoms with Gasteiger partial charge in [-0.05, 0) is 47.8 Å². The van der Waals surface area contributed by atoms with E-state index in [-0.39, 0.29) is 12.1 Å². The van der Waals surface area contributed by atoms with Crippen LogP contribution in [0.15, 0.2) is 21.1 Å². The number of aliphatic hydroxyl groups is 1. The lowest BCUT2D eigenvalue weighted by Crippen LogP contribution is -2.49. The SMILES string of the molecule is CCOc1c(Br)cc(Br)cc1CNC1(CO)CCCCC1. The fraction of sp³-hybridized carbons (Fsp3) is 0.625. The van der Waals surface area contributed by atoms with Gasteiger partial charge >= 0.3 is 0 Å². The van der Waals surface area contributed by atoms with Crippen molar-refractivity contribution in [1.29, 1.82) is 0 Å². The molecule has 1 aliphatic rings. The van der Waals surface area contributed by atoms with Crippen LogP contribution in [0.1, 0.15) is 44.6 Å². The second-order valence-electron chi connectivity index (χ2n) is 5.66. The van der Waals surface area contributed by atoms with Crippen molar-refractivity contribution in [1.82, 2.24) is 5.32 Å². The van der Waals surface area contributed by atoms with Crippen molar-refractivity contribution in [2.45, 2.75) is 51.1 Å². The second kappa shape index (κ2) is 7.95. The minimum Gasteiger partial charge on any atom is -0.492 e. The third-order valence-corrected chi connectivity index (χ3v) is 5.19. The van der Waals surface area contributed by atoms with Crippen LogP contribution in [-0.2, 0) is 6.54 Å². The smallest absolute Gasteiger partial charge is 0.138 e. The molecule has 1 aromatic rings. The lowest BCUT2D eigenvalue weighted by atomic mass is 9.82. The highest BCUT2D eigenvalue weighted by Crippen LogP contribution is 2.34. The van der Waals surface area contributed by atoms with Gasteiger partial charge in [0.25, 0.3) is 0 Å². The van der Waals surface area contributed by atoms with Crippen LogP contribution in [0.3, 0.4) is 0 Å². The third-order valence-electron chi connectivity index (χ3n) is 4.14. The summed E-state index contributed by atoms with van der Waals surface area (Å²) in [7, 11) is 0. The van der Waals surface area contributed by atoms with Gasteiger partial charge in [-0.3, -0.25) is 0 Å². The topological polar surface area (TPSA) is 41.5 Å². The Kier molecular flexibility index (Phi) is 6.53. The Morgan fingerprint density at radius 1 is 1.24 bits per heavy atom. The van der Waals surface area contributed by atoms with Gasteiger partial charge in [-0.1, -0.05) is 35.2 Å². The van der Waals surface area contributed by atoms with E-state index in [1.807, 2.05) is 13.0 Å². The summed E-state index contributed by atoms with van der Waals surface area (Å²) >= 11 is 7.10. The van der Waals surface area contributed by atoms with Gasteiger partial charge in [0.15, 0.2) is 0 Å². The summed E-state index contributed by atoms with van der Waals surface area (Å²) in [5, 5.41) is 13.4. The van der Waals surface area contributed by atoms with Gasteiger partial charge in [-0.2, -0.15) is 0 Å². The van der Waals surface area contributed by atoms with Gasteiger partial charge in [0.2, 0.25) is 0 Å². The summed E-state index contributed by atoms with van der Waals surface area (Å²) in [6.07, 6.45) is 5.74. The molecule has 3 nitrogen and oxygen atoms in total. The van der Waals surface area contributed by atoms with E-state index in [0.717, 1.165) is 33.1 Å². The van der Waals surface area contributed by atoms with E-state index in [4.69, 9.17) is 4.74 Å². The monoisotopic (exact) mass is 419 g/mol. The summed E-state index contributed by atoms with van der Waals surface area (Å²) in [4.78, 5) is 0. The van der Waals surface area contributed by atoms with Crippen molar-refractivity contribution >= 4 is 31.9 Å². The maximum atomic E-state index is 9.79. The lowest BCUT2D eigenvalue weighted by Gasteiger charge is -2.37. The molecule has 2 N–H and O–H groups in total. The zero-order chi connectivity index (χ0) is 15.3. The number of rotatable bonds is 6. The van der Waals surface area contributed by atoms with Crippen molar-refractivity contribution < 1.29 is 9.84 Å². The van der Waals surface area contributed by atoms with Crippen molar-refractivity contribution in [3.63, 3.8) is 0 Å². The van der Waals surface area contributed by atoms with Gasteiger partial charge in [-0.15, -0.1) is 0 Å². The van der Waals surface area contributed by atoms with Crippen LogP contribution in [-0.4, -0.2) is 23.9 Å².